The van der Waals surface area contributed by atoms with Gasteiger partial charge in [0.05, 0.1) is 9.20 Å². The van der Waals surface area contributed by atoms with E-state index in [1.807, 2.05) is 50.6 Å². The summed E-state index contributed by atoms with van der Waals surface area (Å²) in [5.74, 6) is 2.61. The number of benzene rings is 2. The molecule has 0 fully saturated rings. The van der Waals surface area contributed by atoms with E-state index < -0.39 is 0 Å². The Morgan fingerprint density at radius 1 is 1.23 bits per heavy atom. The Bertz CT molecular complexity index is 1260. The summed E-state index contributed by atoms with van der Waals surface area (Å²) in [6, 6.07) is 16.4. The molecule has 0 aliphatic carbocycles. The van der Waals surface area contributed by atoms with Crippen molar-refractivity contribution in [2.24, 2.45) is 0 Å². The van der Waals surface area contributed by atoms with Crippen LogP contribution in [0.5, 0.6) is 0 Å². The largest absolute Gasteiger partial charge is 0.299 e. The van der Waals surface area contributed by atoms with Crippen LogP contribution < -0.4 is 20.2 Å². The van der Waals surface area contributed by atoms with Crippen LogP contribution in [0.15, 0.2) is 59.4 Å². The van der Waals surface area contributed by atoms with E-state index >= 15 is 0 Å². The average Bonchev–Trinajstić information content (AvgIpc) is 3.02. The van der Waals surface area contributed by atoms with Crippen LogP contribution in [0.4, 0.5) is 0 Å². The van der Waals surface area contributed by atoms with Gasteiger partial charge in [0.15, 0.2) is 7.28 Å². The van der Waals surface area contributed by atoms with Crippen molar-refractivity contribution in [2.75, 3.05) is 0 Å². The van der Waals surface area contributed by atoms with Crippen LogP contribution in [0, 0.1) is 19.3 Å². The Hall–Kier alpha value is -3.03. The highest BCUT2D eigenvalue weighted by atomic mass is 32.1. The van der Waals surface area contributed by atoms with Crippen molar-refractivity contribution in [3.05, 3.63) is 90.8 Å². The van der Waals surface area contributed by atoms with E-state index in [0.717, 1.165) is 22.1 Å². The SMILES string of the molecule is C#CC[B]c1ccc(/C=c2\sc(=C)n(CC/C(=C/C)c3ccccc3C)c2=O)cc1. The molecule has 30 heavy (non-hydrogen) atoms. The Balaban J connectivity index is 1.81. The van der Waals surface area contributed by atoms with Crippen molar-refractivity contribution < 1.29 is 0 Å². The van der Waals surface area contributed by atoms with Crippen LogP contribution in [-0.2, 0) is 6.54 Å². The fraction of sp³-hybridized carbons (Fsp3) is 0.192. The maximum atomic E-state index is 13.0. The fourth-order valence-corrected chi connectivity index (χ4v) is 4.38. The molecule has 1 aromatic heterocycles. The predicted molar refractivity (Wildman–Crippen MR) is 132 cm³/mol. The number of nitrogens with zero attached hydrogens (tertiary/aromatic N) is 1. The lowest BCUT2D eigenvalue weighted by molar-refractivity contribution is 0.684. The van der Waals surface area contributed by atoms with E-state index in [9.17, 15) is 4.79 Å². The highest BCUT2D eigenvalue weighted by molar-refractivity contribution is 7.07. The second-order valence-corrected chi connectivity index (χ2v) is 8.23. The molecule has 0 aliphatic heterocycles. The smallest absolute Gasteiger partial charge is 0.269 e. The minimum Gasteiger partial charge on any atom is -0.299 e. The van der Waals surface area contributed by atoms with Crippen LogP contribution in [0.1, 0.15) is 30.0 Å². The van der Waals surface area contributed by atoms with Crippen LogP contribution in [-0.4, -0.2) is 11.8 Å². The maximum Gasteiger partial charge on any atom is 0.269 e. The zero-order chi connectivity index (χ0) is 21.5. The molecule has 2 nitrogen and oxygen atoms in total. The Morgan fingerprint density at radius 2 is 1.97 bits per heavy atom. The zero-order valence-electron chi connectivity index (χ0n) is 17.5. The molecule has 149 valence electrons. The number of terminal acetylenes is 1. The first-order valence-electron chi connectivity index (χ1n) is 10.0. The fourth-order valence-electron chi connectivity index (χ4n) is 3.45. The van der Waals surface area contributed by atoms with Crippen LogP contribution in [0.3, 0.4) is 0 Å². The maximum absolute atomic E-state index is 13.0. The van der Waals surface area contributed by atoms with Gasteiger partial charge in [-0.1, -0.05) is 66.6 Å². The molecule has 0 aliphatic rings. The molecule has 0 amide bonds. The standard InChI is InChI=1S/C26H25BNOS/c1-5-16-27-23-13-11-21(12-14-23)18-25-26(29)28(20(4)30-25)17-15-22(6-2)24-10-8-7-9-19(24)3/h1,6-14,18H,4,15-17H2,2-3H3/b22-6-,25-18-. The minimum atomic E-state index is 0.0215. The summed E-state index contributed by atoms with van der Waals surface area (Å²) in [6.07, 6.45) is 10.8. The molecule has 1 heterocycles. The van der Waals surface area contributed by atoms with Crippen LogP contribution >= 0.6 is 11.3 Å². The van der Waals surface area contributed by atoms with Crippen molar-refractivity contribution in [3.8, 4) is 12.3 Å². The summed E-state index contributed by atoms with van der Waals surface area (Å²) >= 11 is 1.44. The van der Waals surface area contributed by atoms with Crippen molar-refractivity contribution in [3.63, 3.8) is 0 Å². The third-order valence-corrected chi connectivity index (χ3v) is 6.09. The molecule has 1 radical (unpaired) electrons. The molecule has 0 unspecified atom stereocenters. The summed E-state index contributed by atoms with van der Waals surface area (Å²) in [6.45, 7) is 8.89. The molecule has 3 rings (SSSR count). The van der Waals surface area contributed by atoms with E-state index in [1.54, 1.807) is 4.57 Å². The molecule has 3 aromatic rings. The summed E-state index contributed by atoms with van der Waals surface area (Å²) in [5, 5.41) is 0. The van der Waals surface area contributed by atoms with Gasteiger partial charge in [-0.2, -0.15) is 0 Å². The van der Waals surface area contributed by atoms with Gasteiger partial charge < -0.3 is 0 Å². The third-order valence-electron chi connectivity index (χ3n) is 5.12. The van der Waals surface area contributed by atoms with Crippen LogP contribution in [0.2, 0.25) is 6.32 Å². The summed E-state index contributed by atoms with van der Waals surface area (Å²) in [5.41, 5.74) is 5.83. The molecule has 0 bridgehead atoms. The molecule has 4 heteroatoms. The van der Waals surface area contributed by atoms with Gasteiger partial charge in [0.2, 0.25) is 0 Å². The summed E-state index contributed by atoms with van der Waals surface area (Å²) in [7, 11) is 2.00. The first-order valence-corrected chi connectivity index (χ1v) is 10.8. The lowest BCUT2D eigenvalue weighted by Gasteiger charge is -2.10. The number of rotatable bonds is 7. The van der Waals surface area contributed by atoms with Gasteiger partial charge >= 0.3 is 0 Å². The van der Waals surface area contributed by atoms with Crippen molar-refractivity contribution >= 4 is 42.3 Å². The molecular weight excluding hydrogens is 385 g/mol. The lowest BCUT2D eigenvalue weighted by atomic mass is 9.67. The van der Waals surface area contributed by atoms with Gasteiger partial charge in [-0.05, 0) is 54.9 Å². The van der Waals surface area contributed by atoms with E-state index in [4.69, 9.17) is 6.42 Å². The Kier molecular flexibility index (Phi) is 7.33. The molecule has 0 N–H and O–H groups in total. The number of aryl methyl sites for hydroxylation is 1. The Morgan fingerprint density at radius 3 is 2.63 bits per heavy atom. The van der Waals surface area contributed by atoms with Gasteiger partial charge in [0.1, 0.15) is 0 Å². The van der Waals surface area contributed by atoms with E-state index in [-0.39, 0.29) is 5.56 Å². The van der Waals surface area contributed by atoms with Gasteiger partial charge in [0, 0.05) is 6.54 Å². The number of allylic oxidation sites excluding steroid dienone is 2. The van der Waals surface area contributed by atoms with E-state index in [2.05, 4.69) is 43.7 Å². The minimum absolute atomic E-state index is 0.0215. The monoisotopic (exact) mass is 410 g/mol. The van der Waals surface area contributed by atoms with Gasteiger partial charge in [-0.15, -0.1) is 23.7 Å². The van der Waals surface area contributed by atoms with Gasteiger partial charge in [-0.25, -0.2) is 0 Å². The number of hydrogen-bond donors (Lipinski definition) is 0. The lowest BCUT2D eigenvalue weighted by Crippen LogP contribution is -2.31. The molecule has 0 atom stereocenters. The van der Waals surface area contributed by atoms with Gasteiger partial charge in [-0.3, -0.25) is 9.36 Å². The molecular formula is C26H25BNOS. The van der Waals surface area contributed by atoms with E-state index in [0.29, 0.717) is 17.4 Å². The second kappa shape index (κ2) is 10.1. The highest BCUT2D eigenvalue weighted by Gasteiger charge is 2.08. The number of aromatic nitrogens is 1. The number of thiazole rings is 1. The molecule has 0 saturated heterocycles. The van der Waals surface area contributed by atoms with Crippen LogP contribution in [0.25, 0.3) is 18.2 Å². The Labute approximate surface area is 183 Å². The second-order valence-electron chi connectivity index (χ2n) is 7.12. The normalized spacial score (nSPS) is 12.0. The van der Waals surface area contributed by atoms with Crippen molar-refractivity contribution in [1.29, 1.82) is 0 Å². The van der Waals surface area contributed by atoms with E-state index in [1.165, 1.54) is 28.0 Å². The first kappa shape index (κ1) is 21.7. The van der Waals surface area contributed by atoms with Crippen molar-refractivity contribution in [2.45, 2.75) is 33.1 Å². The quantitative estimate of drug-likeness (QED) is 0.433. The number of hydrogen-bond acceptors (Lipinski definition) is 2. The van der Waals surface area contributed by atoms with Crippen molar-refractivity contribution in [1.82, 2.24) is 4.57 Å². The molecule has 0 spiro atoms. The zero-order valence-corrected chi connectivity index (χ0v) is 18.3. The topological polar surface area (TPSA) is 22.0 Å². The summed E-state index contributed by atoms with van der Waals surface area (Å²) in [4.78, 5) is 13.0. The average molecular weight is 410 g/mol. The third kappa shape index (κ3) is 5.12. The first-order chi connectivity index (χ1) is 14.5. The predicted octanol–water partition coefficient (Wildman–Crippen LogP) is 3.33. The molecule has 0 saturated carbocycles. The summed E-state index contributed by atoms with van der Waals surface area (Å²) < 4.78 is 3.27. The highest BCUT2D eigenvalue weighted by Crippen LogP contribution is 2.21. The van der Waals surface area contributed by atoms with Gasteiger partial charge in [0.25, 0.3) is 5.56 Å². The molecule has 2 aromatic carbocycles.